The van der Waals surface area contributed by atoms with E-state index in [1.807, 2.05) is 4.90 Å². The minimum atomic E-state index is -0.00524. The van der Waals surface area contributed by atoms with E-state index in [1.54, 1.807) is 6.07 Å². The van der Waals surface area contributed by atoms with Gasteiger partial charge in [0, 0.05) is 25.2 Å². The Labute approximate surface area is 141 Å². The maximum atomic E-state index is 12.6. The zero-order valence-corrected chi connectivity index (χ0v) is 13.8. The van der Waals surface area contributed by atoms with Gasteiger partial charge in [0.25, 0.3) is 5.91 Å². The van der Waals surface area contributed by atoms with Crippen LogP contribution in [0.25, 0.3) is 0 Å². The van der Waals surface area contributed by atoms with E-state index in [0.29, 0.717) is 30.5 Å². The van der Waals surface area contributed by atoms with Gasteiger partial charge in [-0.1, -0.05) is 0 Å². The fourth-order valence-electron chi connectivity index (χ4n) is 4.82. The van der Waals surface area contributed by atoms with Crippen molar-refractivity contribution < 1.29 is 14.0 Å². The molecule has 130 valence electrons. The summed E-state index contributed by atoms with van der Waals surface area (Å²) in [5.74, 6) is 1.15. The van der Waals surface area contributed by atoms with Crippen molar-refractivity contribution in [1.82, 2.24) is 10.2 Å². The summed E-state index contributed by atoms with van der Waals surface area (Å²) in [4.78, 5) is 26.8. The number of nitrogens with two attached hydrogens (primary N) is 1. The number of carbonyl (C=O) groups excluding carboxylic acids is 2. The van der Waals surface area contributed by atoms with Crippen LogP contribution in [-0.4, -0.2) is 41.9 Å². The highest BCUT2D eigenvalue weighted by molar-refractivity contribution is 5.93. The zero-order valence-electron chi connectivity index (χ0n) is 13.8. The second-order valence-electron chi connectivity index (χ2n) is 7.52. The van der Waals surface area contributed by atoms with Gasteiger partial charge >= 0.3 is 0 Å². The molecule has 0 aromatic carbocycles. The van der Waals surface area contributed by atoms with Gasteiger partial charge in [-0.3, -0.25) is 9.59 Å². The van der Waals surface area contributed by atoms with Crippen LogP contribution >= 0.6 is 0 Å². The second kappa shape index (κ2) is 6.24. The summed E-state index contributed by atoms with van der Waals surface area (Å²) in [6, 6.07) is 1.87. The molecule has 2 bridgehead atoms. The molecule has 2 heterocycles. The van der Waals surface area contributed by atoms with Gasteiger partial charge in [0.05, 0.1) is 17.7 Å². The molecule has 1 saturated heterocycles. The van der Waals surface area contributed by atoms with Crippen molar-refractivity contribution in [3.8, 4) is 0 Å². The summed E-state index contributed by atoms with van der Waals surface area (Å²) in [5.41, 5.74) is 6.85. The van der Waals surface area contributed by atoms with Gasteiger partial charge < -0.3 is 20.4 Å². The third-order valence-electron chi connectivity index (χ3n) is 6.18. The normalized spacial score (nSPS) is 33.0. The maximum absolute atomic E-state index is 12.6. The van der Waals surface area contributed by atoms with E-state index in [0.717, 1.165) is 25.7 Å². The summed E-state index contributed by atoms with van der Waals surface area (Å²) in [5, 5.41) is 3.19. The lowest BCUT2D eigenvalue weighted by Gasteiger charge is -2.34. The molecule has 6 nitrogen and oxygen atoms in total. The minimum Gasteiger partial charge on any atom is -0.472 e. The molecular weight excluding hydrogens is 306 g/mol. The molecule has 6 heteroatoms. The van der Waals surface area contributed by atoms with E-state index in [1.165, 1.54) is 18.9 Å². The van der Waals surface area contributed by atoms with Crippen molar-refractivity contribution in [1.29, 1.82) is 0 Å². The minimum absolute atomic E-state index is 0.00338. The third-order valence-corrected chi connectivity index (χ3v) is 6.18. The van der Waals surface area contributed by atoms with Crippen LogP contribution in [0.5, 0.6) is 0 Å². The van der Waals surface area contributed by atoms with E-state index < -0.39 is 0 Å². The number of likely N-dealkylation sites (tertiary alicyclic amines) is 1. The topological polar surface area (TPSA) is 88.6 Å². The first-order valence-corrected chi connectivity index (χ1v) is 9.01. The highest BCUT2D eigenvalue weighted by Gasteiger charge is 2.49. The van der Waals surface area contributed by atoms with E-state index in [4.69, 9.17) is 10.2 Å². The Kier molecular flexibility index (Phi) is 4.08. The number of rotatable bonds is 3. The van der Waals surface area contributed by atoms with Crippen LogP contribution in [0, 0.1) is 17.8 Å². The SMILES string of the molecule is NC1C2CCC(C2)C1C(=O)NC1CCN(C(=O)c2ccoc2)CC1. The van der Waals surface area contributed by atoms with Crippen molar-refractivity contribution in [3.63, 3.8) is 0 Å². The molecule has 1 aromatic rings. The number of carbonyl (C=O) groups is 2. The number of fused-ring (bicyclic) bond motifs is 2. The van der Waals surface area contributed by atoms with Gasteiger partial charge in [-0.25, -0.2) is 0 Å². The molecule has 2 amide bonds. The van der Waals surface area contributed by atoms with Gasteiger partial charge in [0.15, 0.2) is 0 Å². The molecule has 1 aromatic heterocycles. The lowest BCUT2D eigenvalue weighted by Crippen LogP contribution is -2.51. The standard InChI is InChI=1S/C18H25N3O3/c19-16-12-2-1-11(9-12)15(16)17(22)20-14-3-6-21(7-4-14)18(23)13-5-8-24-10-13/h5,8,10-12,14-16H,1-4,6-7,9,19H2,(H,20,22). The number of nitrogens with zero attached hydrogens (tertiary/aromatic N) is 1. The molecule has 2 saturated carbocycles. The van der Waals surface area contributed by atoms with Gasteiger partial charge in [-0.15, -0.1) is 0 Å². The Hall–Kier alpha value is -1.82. The molecule has 1 aliphatic heterocycles. The van der Waals surface area contributed by atoms with Crippen LogP contribution in [0.3, 0.4) is 0 Å². The van der Waals surface area contributed by atoms with Crippen molar-refractivity contribution in [2.75, 3.05) is 13.1 Å². The monoisotopic (exact) mass is 331 g/mol. The molecule has 3 aliphatic rings. The summed E-state index contributed by atoms with van der Waals surface area (Å²) in [6.45, 7) is 1.33. The smallest absolute Gasteiger partial charge is 0.257 e. The van der Waals surface area contributed by atoms with Crippen molar-refractivity contribution in [3.05, 3.63) is 24.2 Å². The summed E-state index contributed by atoms with van der Waals surface area (Å²) >= 11 is 0. The quantitative estimate of drug-likeness (QED) is 0.875. The summed E-state index contributed by atoms with van der Waals surface area (Å²) in [7, 11) is 0. The zero-order chi connectivity index (χ0) is 16.7. The summed E-state index contributed by atoms with van der Waals surface area (Å²) in [6.07, 6.45) is 8.04. The number of hydrogen-bond donors (Lipinski definition) is 2. The average Bonchev–Trinajstić information content (AvgIpc) is 3.32. The third kappa shape index (κ3) is 2.73. The Bertz CT molecular complexity index is 605. The lowest BCUT2D eigenvalue weighted by molar-refractivity contribution is -0.128. The molecular formula is C18H25N3O3. The first kappa shape index (κ1) is 15.7. The average molecular weight is 331 g/mol. The Morgan fingerprint density at radius 3 is 2.54 bits per heavy atom. The van der Waals surface area contributed by atoms with Gasteiger partial charge in [-0.2, -0.15) is 0 Å². The van der Waals surface area contributed by atoms with E-state index >= 15 is 0 Å². The first-order valence-electron chi connectivity index (χ1n) is 9.01. The van der Waals surface area contributed by atoms with Crippen LogP contribution in [0.15, 0.2) is 23.0 Å². The number of nitrogens with one attached hydrogen (secondary N) is 1. The van der Waals surface area contributed by atoms with Crippen LogP contribution in [-0.2, 0) is 4.79 Å². The highest BCUT2D eigenvalue weighted by Crippen LogP contribution is 2.47. The Morgan fingerprint density at radius 1 is 1.17 bits per heavy atom. The molecule has 24 heavy (non-hydrogen) atoms. The van der Waals surface area contributed by atoms with E-state index in [2.05, 4.69) is 5.32 Å². The van der Waals surface area contributed by atoms with Gasteiger partial charge in [-0.05, 0) is 50.0 Å². The lowest BCUT2D eigenvalue weighted by atomic mass is 9.84. The number of amides is 2. The van der Waals surface area contributed by atoms with E-state index in [-0.39, 0.29) is 29.8 Å². The van der Waals surface area contributed by atoms with Crippen LogP contribution < -0.4 is 11.1 Å². The predicted molar refractivity (Wildman–Crippen MR) is 88.1 cm³/mol. The molecule has 3 N–H and O–H groups in total. The van der Waals surface area contributed by atoms with E-state index in [9.17, 15) is 9.59 Å². The fraction of sp³-hybridized carbons (Fsp3) is 0.667. The number of piperidine rings is 1. The first-order chi connectivity index (χ1) is 11.6. The Balaban J connectivity index is 1.29. The molecule has 2 aliphatic carbocycles. The fourth-order valence-corrected chi connectivity index (χ4v) is 4.82. The largest absolute Gasteiger partial charge is 0.472 e. The molecule has 4 unspecified atom stereocenters. The van der Waals surface area contributed by atoms with Gasteiger partial charge in [0.2, 0.25) is 5.91 Å². The molecule has 0 radical (unpaired) electrons. The van der Waals surface area contributed by atoms with Crippen molar-refractivity contribution >= 4 is 11.8 Å². The maximum Gasteiger partial charge on any atom is 0.257 e. The summed E-state index contributed by atoms with van der Waals surface area (Å²) < 4.78 is 4.98. The number of hydrogen-bond acceptors (Lipinski definition) is 4. The van der Waals surface area contributed by atoms with Crippen LogP contribution in [0.1, 0.15) is 42.5 Å². The molecule has 3 fully saturated rings. The van der Waals surface area contributed by atoms with Crippen molar-refractivity contribution in [2.24, 2.45) is 23.5 Å². The highest BCUT2D eigenvalue weighted by atomic mass is 16.3. The molecule has 4 rings (SSSR count). The predicted octanol–water partition coefficient (Wildman–Crippen LogP) is 1.37. The van der Waals surface area contributed by atoms with Crippen LogP contribution in [0.2, 0.25) is 0 Å². The van der Waals surface area contributed by atoms with Crippen molar-refractivity contribution in [2.45, 2.75) is 44.2 Å². The Morgan fingerprint density at radius 2 is 1.92 bits per heavy atom. The molecule has 0 spiro atoms. The van der Waals surface area contributed by atoms with Crippen LogP contribution in [0.4, 0.5) is 0 Å². The number of furan rings is 1. The van der Waals surface area contributed by atoms with Gasteiger partial charge in [0.1, 0.15) is 6.26 Å². The second-order valence-corrected chi connectivity index (χ2v) is 7.52. The molecule has 4 atom stereocenters.